The van der Waals surface area contributed by atoms with Crippen molar-refractivity contribution in [3.05, 3.63) is 76.7 Å². The molecule has 2 N–H and O–H groups in total. The molecular formula is C27H31N3O3. The number of aromatic amines is 1. The second kappa shape index (κ2) is 9.04. The van der Waals surface area contributed by atoms with Gasteiger partial charge in [0.25, 0.3) is 0 Å². The van der Waals surface area contributed by atoms with Crippen molar-refractivity contribution in [3.8, 4) is 5.75 Å². The van der Waals surface area contributed by atoms with Crippen LogP contribution in [0.4, 0.5) is 0 Å². The minimum absolute atomic E-state index is 0.0254. The second-order valence-corrected chi connectivity index (χ2v) is 9.20. The van der Waals surface area contributed by atoms with Crippen molar-refractivity contribution < 1.29 is 9.84 Å². The van der Waals surface area contributed by atoms with Gasteiger partial charge in [0, 0.05) is 12.6 Å². The molecule has 6 heteroatoms. The normalized spacial score (nSPS) is 17.4. The fourth-order valence-electron chi connectivity index (χ4n) is 5.12. The first-order valence-corrected chi connectivity index (χ1v) is 11.7. The fourth-order valence-corrected chi connectivity index (χ4v) is 5.12. The van der Waals surface area contributed by atoms with E-state index in [1.54, 1.807) is 7.11 Å². The number of nitrogens with zero attached hydrogens (tertiary/aromatic N) is 2. The van der Waals surface area contributed by atoms with Gasteiger partial charge in [-0.1, -0.05) is 30.3 Å². The molecule has 0 spiro atoms. The SMILES string of the molecule is COc1ccc2cc(C(O)C(C)N3CCC(Cn4c(=O)[nH]c5ccccc54)CC3)ccc2c1. The summed E-state index contributed by atoms with van der Waals surface area (Å²) in [6.07, 6.45) is 1.48. The molecule has 0 bridgehead atoms. The Kier molecular flexibility index (Phi) is 5.96. The molecule has 1 aromatic heterocycles. The molecule has 4 aromatic rings. The highest BCUT2D eigenvalue weighted by molar-refractivity contribution is 5.84. The Bertz CT molecular complexity index is 1320. The van der Waals surface area contributed by atoms with Crippen molar-refractivity contribution in [2.24, 2.45) is 5.92 Å². The maximum atomic E-state index is 12.4. The van der Waals surface area contributed by atoms with Gasteiger partial charge in [-0.05, 0) is 85.4 Å². The van der Waals surface area contributed by atoms with Gasteiger partial charge in [0.2, 0.25) is 0 Å². The van der Waals surface area contributed by atoms with E-state index in [1.165, 1.54) is 0 Å². The molecule has 1 saturated heterocycles. The summed E-state index contributed by atoms with van der Waals surface area (Å²) < 4.78 is 7.18. The van der Waals surface area contributed by atoms with Gasteiger partial charge in [-0.2, -0.15) is 0 Å². The van der Waals surface area contributed by atoms with Gasteiger partial charge in [-0.3, -0.25) is 9.47 Å². The number of methoxy groups -OCH3 is 1. The van der Waals surface area contributed by atoms with E-state index in [9.17, 15) is 9.90 Å². The maximum Gasteiger partial charge on any atom is 0.326 e. The van der Waals surface area contributed by atoms with Crippen LogP contribution in [0.1, 0.15) is 31.4 Å². The molecule has 5 rings (SSSR count). The van der Waals surface area contributed by atoms with Crippen LogP contribution in [0.5, 0.6) is 5.75 Å². The van der Waals surface area contributed by atoms with Crippen molar-refractivity contribution in [3.63, 3.8) is 0 Å². The molecule has 0 radical (unpaired) electrons. The minimum atomic E-state index is -0.552. The maximum absolute atomic E-state index is 12.4. The molecule has 33 heavy (non-hydrogen) atoms. The molecule has 172 valence electrons. The number of hydrogen-bond acceptors (Lipinski definition) is 4. The first-order chi connectivity index (χ1) is 16.0. The fraction of sp³-hybridized carbons (Fsp3) is 0.370. The smallest absolute Gasteiger partial charge is 0.326 e. The highest BCUT2D eigenvalue weighted by Crippen LogP contribution is 2.29. The number of aromatic nitrogens is 2. The summed E-state index contributed by atoms with van der Waals surface area (Å²) in [6.45, 7) is 4.69. The molecule has 3 aromatic carbocycles. The number of hydrogen-bond donors (Lipinski definition) is 2. The van der Waals surface area contributed by atoms with Crippen LogP contribution in [0.25, 0.3) is 21.8 Å². The molecule has 2 heterocycles. The standard InChI is InChI=1S/C27H31N3O3/c1-18(26(31)22-8-7-21-16-23(33-2)10-9-20(21)15-22)29-13-11-19(12-14-29)17-30-25-6-4-3-5-24(25)28-27(30)32/h3-10,15-16,18-19,26,31H,11-14,17H2,1-2H3,(H,28,32). The van der Waals surface area contributed by atoms with Crippen molar-refractivity contribution in [1.82, 2.24) is 14.5 Å². The Morgan fingerprint density at radius 1 is 1.06 bits per heavy atom. The van der Waals surface area contributed by atoms with Crippen LogP contribution in [0, 0.1) is 5.92 Å². The summed E-state index contributed by atoms with van der Waals surface area (Å²) in [6, 6.07) is 20.0. The molecule has 0 amide bonds. The van der Waals surface area contributed by atoms with Gasteiger partial charge in [0.1, 0.15) is 5.75 Å². The van der Waals surface area contributed by atoms with E-state index in [-0.39, 0.29) is 11.7 Å². The quantitative estimate of drug-likeness (QED) is 0.464. The second-order valence-electron chi connectivity index (χ2n) is 9.20. The van der Waals surface area contributed by atoms with Crippen LogP contribution < -0.4 is 10.4 Å². The highest BCUT2D eigenvalue weighted by atomic mass is 16.5. The number of aliphatic hydroxyl groups excluding tert-OH is 1. The zero-order valence-electron chi connectivity index (χ0n) is 19.2. The van der Waals surface area contributed by atoms with Crippen molar-refractivity contribution in [2.45, 2.75) is 38.5 Å². The molecule has 1 fully saturated rings. The van der Waals surface area contributed by atoms with Gasteiger partial charge in [0.15, 0.2) is 0 Å². The lowest BCUT2D eigenvalue weighted by atomic mass is 9.93. The summed E-state index contributed by atoms with van der Waals surface area (Å²) in [4.78, 5) is 17.7. The molecule has 2 unspecified atom stereocenters. The van der Waals surface area contributed by atoms with Crippen LogP contribution in [0.2, 0.25) is 0 Å². The van der Waals surface area contributed by atoms with Gasteiger partial charge in [-0.15, -0.1) is 0 Å². The van der Waals surface area contributed by atoms with Crippen LogP contribution >= 0.6 is 0 Å². The Morgan fingerprint density at radius 3 is 2.58 bits per heavy atom. The number of H-pyrrole nitrogens is 1. The van der Waals surface area contributed by atoms with E-state index < -0.39 is 6.10 Å². The summed E-state index contributed by atoms with van der Waals surface area (Å²) >= 11 is 0. The van der Waals surface area contributed by atoms with E-state index in [0.717, 1.165) is 65.6 Å². The average Bonchev–Trinajstić information content (AvgIpc) is 3.17. The zero-order chi connectivity index (χ0) is 22.9. The Hall–Kier alpha value is -3.09. The van der Waals surface area contributed by atoms with Crippen LogP contribution in [-0.2, 0) is 6.54 Å². The summed E-state index contributed by atoms with van der Waals surface area (Å²) in [7, 11) is 1.67. The van der Waals surface area contributed by atoms with E-state index in [0.29, 0.717) is 5.92 Å². The van der Waals surface area contributed by atoms with Crippen molar-refractivity contribution in [2.75, 3.05) is 20.2 Å². The van der Waals surface area contributed by atoms with Crippen molar-refractivity contribution in [1.29, 1.82) is 0 Å². The zero-order valence-corrected chi connectivity index (χ0v) is 19.2. The van der Waals surface area contributed by atoms with Gasteiger partial charge < -0.3 is 14.8 Å². The predicted molar refractivity (Wildman–Crippen MR) is 132 cm³/mol. The largest absolute Gasteiger partial charge is 0.497 e. The lowest BCUT2D eigenvalue weighted by Crippen LogP contribution is -2.43. The Morgan fingerprint density at radius 2 is 1.79 bits per heavy atom. The third kappa shape index (κ3) is 4.28. The van der Waals surface area contributed by atoms with E-state index in [1.807, 2.05) is 59.2 Å². The Labute approximate surface area is 193 Å². The van der Waals surface area contributed by atoms with E-state index in [4.69, 9.17) is 4.74 Å². The number of aliphatic hydroxyl groups is 1. The molecule has 2 atom stereocenters. The number of piperidine rings is 1. The number of likely N-dealkylation sites (tertiary alicyclic amines) is 1. The predicted octanol–water partition coefficient (Wildman–Crippen LogP) is 4.33. The monoisotopic (exact) mass is 445 g/mol. The molecule has 1 aliphatic heterocycles. The lowest BCUT2D eigenvalue weighted by molar-refractivity contribution is 0.0356. The third-order valence-electron chi connectivity index (χ3n) is 7.22. The number of nitrogens with one attached hydrogen (secondary N) is 1. The number of fused-ring (bicyclic) bond motifs is 2. The molecular weight excluding hydrogens is 414 g/mol. The molecule has 0 aliphatic carbocycles. The lowest BCUT2D eigenvalue weighted by Gasteiger charge is -2.38. The molecule has 6 nitrogen and oxygen atoms in total. The number of ether oxygens (including phenoxy) is 1. The number of rotatable bonds is 6. The van der Waals surface area contributed by atoms with E-state index in [2.05, 4.69) is 22.9 Å². The molecule has 1 aliphatic rings. The Balaban J connectivity index is 1.23. The average molecular weight is 446 g/mol. The van der Waals surface area contributed by atoms with E-state index >= 15 is 0 Å². The van der Waals surface area contributed by atoms with Crippen LogP contribution in [0.3, 0.4) is 0 Å². The van der Waals surface area contributed by atoms with Crippen LogP contribution in [-0.4, -0.2) is 45.8 Å². The topological polar surface area (TPSA) is 70.5 Å². The third-order valence-corrected chi connectivity index (χ3v) is 7.22. The number of benzene rings is 3. The summed E-state index contributed by atoms with van der Waals surface area (Å²) in [5.41, 5.74) is 2.78. The first-order valence-electron chi connectivity index (χ1n) is 11.7. The van der Waals surface area contributed by atoms with Gasteiger partial charge in [-0.25, -0.2) is 4.79 Å². The summed E-state index contributed by atoms with van der Waals surface area (Å²) in [5, 5.41) is 13.3. The summed E-state index contributed by atoms with van der Waals surface area (Å²) in [5.74, 6) is 1.29. The number of imidazole rings is 1. The first kappa shape index (κ1) is 21.7. The van der Waals surface area contributed by atoms with Crippen molar-refractivity contribution >= 4 is 21.8 Å². The van der Waals surface area contributed by atoms with Crippen LogP contribution in [0.15, 0.2) is 65.5 Å². The molecule has 0 saturated carbocycles. The minimum Gasteiger partial charge on any atom is -0.497 e. The van der Waals surface area contributed by atoms with Gasteiger partial charge >= 0.3 is 5.69 Å². The number of para-hydroxylation sites is 2. The highest BCUT2D eigenvalue weighted by Gasteiger charge is 2.28. The van der Waals surface area contributed by atoms with Gasteiger partial charge in [0.05, 0.1) is 24.2 Å².